The average molecular weight is 351 g/mol. The van der Waals surface area contributed by atoms with Crippen molar-refractivity contribution < 1.29 is 9.84 Å². The molecule has 1 fully saturated rings. The number of aliphatic hydroxyl groups is 1. The molecule has 6 heteroatoms. The van der Waals surface area contributed by atoms with E-state index in [1.165, 1.54) is 0 Å². The molecule has 0 aliphatic carbocycles. The fraction of sp³-hybridized carbons (Fsp3) is 0.789. The summed E-state index contributed by atoms with van der Waals surface area (Å²) in [4.78, 5) is 11.7. The van der Waals surface area contributed by atoms with Crippen molar-refractivity contribution in [2.24, 2.45) is 0 Å². The second-order valence-corrected chi connectivity index (χ2v) is 8.91. The van der Waals surface area contributed by atoms with Gasteiger partial charge in [0.1, 0.15) is 11.6 Å². The van der Waals surface area contributed by atoms with E-state index in [2.05, 4.69) is 56.7 Å². The first-order valence-corrected chi connectivity index (χ1v) is 9.18. The van der Waals surface area contributed by atoms with Gasteiger partial charge in [0.15, 0.2) is 0 Å². The van der Waals surface area contributed by atoms with Crippen molar-refractivity contribution in [3.05, 3.63) is 17.6 Å². The fourth-order valence-corrected chi connectivity index (χ4v) is 2.63. The van der Waals surface area contributed by atoms with Crippen LogP contribution in [-0.2, 0) is 15.6 Å². The first-order valence-electron chi connectivity index (χ1n) is 9.18. The van der Waals surface area contributed by atoms with E-state index < -0.39 is 6.10 Å². The van der Waals surface area contributed by atoms with Gasteiger partial charge in [0.2, 0.25) is 0 Å². The van der Waals surface area contributed by atoms with Crippen molar-refractivity contribution in [2.45, 2.75) is 58.5 Å². The van der Waals surface area contributed by atoms with E-state index in [1.807, 2.05) is 6.07 Å². The summed E-state index contributed by atoms with van der Waals surface area (Å²) in [7, 11) is 0. The number of hydrogen-bond donors (Lipinski definition) is 2. The molecule has 25 heavy (non-hydrogen) atoms. The van der Waals surface area contributed by atoms with E-state index in [1.54, 1.807) is 0 Å². The molecule has 0 radical (unpaired) electrons. The van der Waals surface area contributed by atoms with Crippen LogP contribution in [0.4, 0.5) is 5.82 Å². The van der Waals surface area contributed by atoms with Crippen LogP contribution in [0.25, 0.3) is 0 Å². The zero-order chi connectivity index (χ0) is 18.7. The highest BCUT2D eigenvalue weighted by Crippen LogP contribution is 2.26. The smallest absolute Gasteiger partial charge is 0.136 e. The van der Waals surface area contributed by atoms with Crippen molar-refractivity contribution in [3.63, 3.8) is 0 Å². The molecule has 0 bridgehead atoms. The van der Waals surface area contributed by atoms with Crippen molar-refractivity contribution in [2.75, 3.05) is 44.7 Å². The predicted molar refractivity (Wildman–Crippen MR) is 101 cm³/mol. The highest BCUT2D eigenvalue weighted by Gasteiger charge is 2.24. The topological polar surface area (TPSA) is 70.5 Å². The van der Waals surface area contributed by atoms with Crippen LogP contribution in [0.3, 0.4) is 0 Å². The minimum atomic E-state index is -0.441. The second-order valence-electron chi connectivity index (χ2n) is 8.91. The van der Waals surface area contributed by atoms with E-state index in [0.717, 1.165) is 43.6 Å². The maximum Gasteiger partial charge on any atom is 0.136 e. The monoisotopic (exact) mass is 350 g/mol. The Morgan fingerprint density at radius 3 is 2.32 bits per heavy atom. The van der Waals surface area contributed by atoms with E-state index >= 15 is 0 Å². The molecule has 1 aliphatic heterocycles. The van der Waals surface area contributed by atoms with Crippen LogP contribution in [0.5, 0.6) is 0 Å². The van der Waals surface area contributed by atoms with E-state index in [9.17, 15) is 5.11 Å². The molecule has 1 aromatic heterocycles. The Kier molecular flexibility index (Phi) is 6.40. The Labute approximate surface area is 152 Å². The molecule has 6 nitrogen and oxygen atoms in total. The van der Waals surface area contributed by atoms with Crippen LogP contribution in [0, 0.1) is 0 Å². The second kappa shape index (κ2) is 7.98. The molecule has 0 amide bonds. The van der Waals surface area contributed by atoms with Crippen LogP contribution < -0.4 is 5.32 Å². The molecule has 2 N–H and O–H groups in total. The van der Waals surface area contributed by atoms with Gasteiger partial charge in [0.25, 0.3) is 0 Å². The first kappa shape index (κ1) is 20.1. The number of ether oxygens (including phenoxy) is 1. The lowest BCUT2D eigenvalue weighted by Gasteiger charge is -2.29. The summed E-state index contributed by atoms with van der Waals surface area (Å²) in [5.74, 6) is 1.61. The van der Waals surface area contributed by atoms with E-state index in [4.69, 9.17) is 9.72 Å². The summed E-state index contributed by atoms with van der Waals surface area (Å²) in [5.41, 5.74) is 0.841. The van der Waals surface area contributed by atoms with Gasteiger partial charge in [-0.3, -0.25) is 4.90 Å². The molecule has 2 heterocycles. The quantitative estimate of drug-likeness (QED) is 0.848. The van der Waals surface area contributed by atoms with Gasteiger partial charge in [0.05, 0.1) is 25.0 Å². The maximum absolute atomic E-state index is 10.3. The zero-order valence-corrected chi connectivity index (χ0v) is 16.6. The summed E-state index contributed by atoms with van der Waals surface area (Å²) >= 11 is 0. The Balaban J connectivity index is 2.04. The van der Waals surface area contributed by atoms with Crippen LogP contribution >= 0.6 is 0 Å². The summed E-state index contributed by atoms with van der Waals surface area (Å²) in [6.07, 6.45) is -0.441. The van der Waals surface area contributed by atoms with E-state index in [-0.39, 0.29) is 10.8 Å². The number of nitrogens with one attached hydrogen (secondary N) is 1. The molecule has 1 saturated heterocycles. The largest absolute Gasteiger partial charge is 0.390 e. The average Bonchev–Trinajstić information content (AvgIpc) is 2.52. The Hall–Kier alpha value is -1.24. The molecule has 142 valence electrons. The molecule has 0 spiro atoms. The molecular weight excluding hydrogens is 316 g/mol. The first-order chi connectivity index (χ1) is 11.6. The highest BCUT2D eigenvalue weighted by molar-refractivity contribution is 5.39. The third-order valence-electron chi connectivity index (χ3n) is 4.26. The number of aromatic nitrogens is 2. The maximum atomic E-state index is 10.3. The van der Waals surface area contributed by atoms with Crippen LogP contribution in [0.15, 0.2) is 6.07 Å². The third kappa shape index (κ3) is 6.20. The number of morpholine rings is 1. The SMILES string of the molecule is CC(C)(C)c1cc(NCC(O)CN2CCOCC2)nc(C(C)(C)C)n1. The summed E-state index contributed by atoms with van der Waals surface area (Å²) < 4.78 is 5.34. The zero-order valence-electron chi connectivity index (χ0n) is 16.6. The summed E-state index contributed by atoms with van der Waals surface area (Å²) in [6.45, 7) is 17.2. The lowest BCUT2D eigenvalue weighted by molar-refractivity contribution is 0.0171. The van der Waals surface area contributed by atoms with Gasteiger partial charge >= 0.3 is 0 Å². The normalized spacial score (nSPS) is 18.2. The van der Waals surface area contributed by atoms with Gasteiger partial charge in [-0.15, -0.1) is 0 Å². The van der Waals surface area contributed by atoms with Crippen LogP contribution in [-0.4, -0.2) is 65.5 Å². The van der Waals surface area contributed by atoms with Gasteiger partial charge in [-0.25, -0.2) is 9.97 Å². The Morgan fingerprint density at radius 2 is 1.76 bits per heavy atom. The van der Waals surface area contributed by atoms with E-state index in [0.29, 0.717) is 13.1 Å². The minimum Gasteiger partial charge on any atom is -0.390 e. The lowest BCUT2D eigenvalue weighted by atomic mass is 9.90. The third-order valence-corrected chi connectivity index (χ3v) is 4.26. The Bertz CT molecular complexity index is 525. The summed E-state index contributed by atoms with van der Waals surface area (Å²) in [6, 6.07) is 2.00. The van der Waals surface area contributed by atoms with Crippen molar-refractivity contribution >= 4 is 5.82 Å². The Morgan fingerprint density at radius 1 is 1.12 bits per heavy atom. The fourth-order valence-electron chi connectivity index (χ4n) is 2.63. The highest BCUT2D eigenvalue weighted by atomic mass is 16.5. The number of nitrogens with zero attached hydrogens (tertiary/aromatic N) is 3. The molecular formula is C19H34N4O2. The van der Waals surface area contributed by atoms with Crippen molar-refractivity contribution in [1.82, 2.24) is 14.9 Å². The summed E-state index contributed by atoms with van der Waals surface area (Å²) in [5, 5.41) is 13.6. The minimum absolute atomic E-state index is 0.0498. The number of β-amino-alcohol motifs (C(OH)–C–C–N with tert-alkyl or cyclic N) is 1. The standard InChI is InChI=1S/C19H34N4O2/c1-18(2,3)15-11-16(22-17(21-15)19(4,5)6)20-12-14(24)13-23-7-9-25-10-8-23/h11,14,24H,7-10,12-13H2,1-6H3,(H,20,21,22). The molecule has 0 aromatic carbocycles. The molecule has 1 aromatic rings. The molecule has 1 atom stereocenters. The molecule has 2 rings (SSSR count). The van der Waals surface area contributed by atoms with Crippen molar-refractivity contribution in [3.8, 4) is 0 Å². The number of anilines is 1. The molecule has 1 aliphatic rings. The molecule has 1 unspecified atom stereocenters. The van der Waals surface area contributed by atoms with Gasteiger partial charge in [-0.05, 0) is 0 Å². The van der Waals surface area contributed by atoms with Crippen molar-refractivity contribution in [1.29, 1.82) is 0 Å². The number of aliphatic hydroxyl groups excluding tert-OH is 1. The van der Waals surface area contributed by atoms with Gasteiger partial charge in [-0.1, -0.05) is 41.5 Å². The van der Waals surface area contributed by atoms with Gasteiger partial charge < -0.3 is 15.2 Å². The lowest BCUT2D eigenvalue weighted by Crippen LogP contribution is -2.42. The van der Waals surface area contributed by atoms with Crippen LogP contribution in [0.2, 0.25) is 0 Å². The number of rotatable bonds is 5. The van der Waals surface area contributed by atoms with Gasteiger partial charge in [0, 0.05) is 43.1 Å². The number of hydrogen-bond acceptors (Lipinski definition) is 6. The van der Waals surface area contributed by atoms with Crippen LogP contribution in [0.1, 0.15) is 53.1 Å². The molecule has 0 saturated carbocycles. The van der Waals surface area contributed by atoms with Gasteiger partial charge in [-0.2, -0.15) is 0 Å². The predicted octanol–water partition coefficient (Wildman–Crippen LogP) is 2.18.